The zero-order valence-corrected chi connectivity index (χ0v) is 12.0. The number of hydrogen-bond donors (Lipinski definition) is 2. The summed E-state index contributed by atoms with van der Waals surface area (Å²) in [4.78, 5) is 5.70. The maximum absolute atomic E-state index is 5.56. The molecule has 0 radical (unpaired) electrons. The molecule has 0 bridgehead atoms. The van der Waals surface area contributed by atoms with Crippen molar-refractivity contribution in [3.05, 3.63) is 23.4 Å². The number of rotatable bonds is 2. The van der Waals surface area contributed by atoms with Crippen molar-refractivity contribution in [2.24, 2.45) is 5.92 Å². The number of nitrogens with one attached hydrogen (secondary N) is 2. The smallest absolute Gasteiger partial charge is 0.109 e. The second kappa shape index (κ2) is 5.02. The fourth-order valence-corrected chi connectivity index (χ4v) is 3.20. The van der Waals surface area contributed by atoms with Crippen LogP contribution in [0.15, 0.2) is 12.3 Å². The summed E-state index contributed by atoms with van der Waals surface area (Å²) in [5, 5.41) is 3.49. The van der Waals surface area contributed by atoms with Crippen LogP contribution < -0.4 is 10.2 Å². The molecule has 0 aromatic carbocycles. The first-order chi connectivity index (χ1) is 9.19. The summed E-state index contributed by atoms with van der Waals surface area (Å²) < 4.78 is 5.56. The van der Waals surface area contributed by atoms with E-state index >= 15 is 0 Å². The summed E-state index contributed by atoms with van der Waals surface area (Å²) >= 11 is 0. The number of nitrogens with zero attached hydrogens (tertiary/aromatic N) is 1. The van der Waals surface area contributed by atoms with Gasteiger partial charge in [0.1, 0.15) is 5.82 Å². The highest BCUT2D eigenvalue weighted by Gasteiger charge is 2.27. The number of aromatic nitrogens is 1. The highest BCUT2D eigenvalue weighted by atomic mass is 16.5. The summed E-state index contributed by atoms with van der Waals surface area (Å²) in [6.45, 7) is 5.26. The highest BCUT2D eigenvalue weighted by molar-refractivity contribution is 5.75. The zero-order valence-electron chi connectivity index (χ0n) is 12.0. The Hall–Kier alpha value is -1.26. The van der Waals surface area contributed by atoms with Crippen LogP contribution in [0.3, 0.4) is 0 Å². The Balaban J connectivity index is 1.96. The van der Waals surface area contributed by atoms with Crippen LogP contribution in [0.25, 0.3) is 5.57 Å². The van der Waals surface area contributed by atoms with Crippen LogP contribution in [0.5, 0.6) is 0 Å². The zero-order chi connectivity index (χ0) is 13.4. The fourth-order valence-electron chi connectivity index (χ4n) is 3.20. The molecule has 0 spiro atoms. The van der Waals surface area contributed by atoms with E-state index in [-0.39, 0.29) is 0 Å². The van der Waals surface area contributed by atoms with E-state index < -0.39 is 0 Å². The molecule has 4 nitrogen and oxygen atoms in total. The molecule has 2 aliphatic rings. The molecule has 0 fully saturated rings. The summed E-state index contributed by atoms with van der Waals surface area (Å²) in [5.74, 6) is 1.86. The van der Waals surface area contributed by atoms with E-state index in [0.29, 0.717) is 12.0 Å². The Kier molecular flexibility index (Phi) is 3.37. The Morgan fingerprint density at radius 3 is 3.00 bits per heavy atom. The van der Waals surface area contributed by atoms with E-state index in [4.69, 9.17) is 4.74 Å². The van der Waals surface area contributed by atoms with Crippen LogP contribution in [-0.2, 0) is 11.2 Å². The molecular formula is C15H23N3O. The number of likely N-dealkylation sites (N-methyl/N-ethyl adjacent to an activating group) is 1. The molecule has 3 heterocycles. The molecule has 3 rings (SSSR count). The first kappa shape index (κ1) is 12.8. The monoisotopic (exact) mass is 261 g/mol. The van der Waals surface area contributed by atoms with Gasteiger partial charge in [0.25, 0.3) is 0 Å². The first-order valence-corrected chi connectivity index (χ1v) is 7.05. The Bertz CT molecular complexity index is 492. The van der Waals surface area contributed by atoms with Crippen LogP contribution in [0.4, 0.5) is 5.82 Å². The van der Waals surface area contributed by atoms with Crippen LogP contribution in [-0.4, -0.2) is 44.9 Å². The number of anilines is 1. The molecule has 0 aliphatic carbocycles. The van der Waals surface area contributed by atoms with Gasteiger partial charge in [-0.2, -0.15) is 0 Å². The summed E-state index contributed by atoms with van der Waals surface area (Å²) in [5.41, 5.74) is 4.19. The minimum Gasteiger partial charge on any atom is -0.379 e. The van der Waals surface area contributed by atoms with E-state index in [9.17, 15) is 0 Å². The van der Waals surface area contributed by atoms with Crippen molar-refractivity contribution in [2.45, 2.75) is 19.4 Å². The van der Waals surface area contributed by atoms with Crippen molar-refractivity contribution >= 4 is 11.4 Å². The second-order valence-electron chi connectivity index (χ2n) is 5.77. The average Bonchev–Trinajstić information content (AvgIpc) is 2.83. The number of fused-ring (bicyclic) bond motifs is 1. The summed E-state index contributed by atoms with van der Waals surface area (Å²) in [7, 11) is 3.93. The molecule has 19 heavy (non-hydrogen) atoms. The molecule has 104 valence electrons. The van der Waals surface area contributed by atoms with Gasteiger partial charge in [-0.15, -0.1) is 0 Å². The van der Waals surface area contributed by atoms with Crippen molar-refractivity contribution in [3.63, 3.8) is 0 Å². The molecule has 0 saturated carbocycles. The molecule has 2 N–H and O–H groups in total. The number of methoxy groups -OCH3 is 1. The van der Waals surface area contributed by atoms with Gasteiger partial charge >= 0.3 is 0 Å². The Morgan fingerprint density at radius 2 is 2.26 bits per heavy atom. The SMILES string of the molecule is COC1Cc2c(C3=C[C@H](C)CNC3)c[nH]c2N(C)C1. The first-order valence-electron chi connectivity index (χ1n) is 7.05. The quantitative estimate of drug-likeness (QED) is 0.850. The van der Waals surface area contributed by atoms with Crippen LogP contribution >= 0.6 is 0 Å². The van der Waals surface area contributed by atoms with E-state index in [1.165, 1.54) is 22.5 Å². The third kappa shape index (κ3) is 2.30. The molecule has 1 unspecified atom stereocenters. The maximum atomic E-state index is 5.56. The molecule has 0 saturated heterocycles. The Labute approximate surface area is 114 Å². The standard InChI is InChI=1S/C15H23N3O/c1-10-4-11(7-16-6-10)14-8-17-15-13(14)5-12(19-3)9-18(15)2/h4,8,10,12,16-17H,5-7,9H2,1-3H3/t10-,12?/m0/s1. The Morgan fingerprint density at radius 1 is 1.42 bits per heavy atom. The third-order valence-corrected chi connectivity index (χ3v) is 4.20. The van der Waals surface area contributed by atoms with E-state index in [1.807, 2.05) is 0 Å². The average molecular weight is 261 g/mol. The molecule has 2 atom stereocenters. The number of aromatic amines is 1. The van der Waals surface area contributed by atoms with Crippen molar-refractivity contribution in [3.8, 4) is 0 Å². The number of H-pyrrole nitrogens is 1. The summed E-state index contributed by atoms with van der Waals surface area (Å²) in [6.07, 6.45) is 5.85. The van der Waals surface area contributed by atoms with Gasteiger partial charge in [0.2, 0.25) is 0 Å². The molecule has 4 heteroatoms. The van der Waals surface area contributed by atoms with Gasteiger partial charge in [-0.05, 0) is 11.5 Å². The predicted octanol–water partition coefficient (Wildman–Crippen LogP) is 1.64. The van der Waals surface area contributed by atoms with Gasteiger partial charge in [-0.3, -0.25) is 0 Å². The van der Waals surface area contributed by atoms with Crippen molar-refractivity contribution in [1.82, 2.24) is 10.3 Å². The minimum atomic E-state index is 0.293. The lowest BCUT2D eigenvalue weighted by Gasteiger charge is -2.31. The highest BCUT2D eigenvalue weighted by Crippen LogP contribution is 2.33. The van der Waals surface area contributed by atoms with Gasteiger partial charge in [0.05, 0.1) is 6.10 Å². The third-order valence-electron chi connectivity index (χ3n) is 4.20. The van der Waals surface area contributed by atoms with Gasteiger partial charge in [-0.25, -0.2) is 0 Å². The van der Waals surface area contributed by atoms with E-state index in [2.05, 4.69) is 41.4 Å². The lowest BCUT2D eigenvalue weighted by Crippen LogP contribution is -2.37. The van der Waals surface area contributed by atoms with E-state index in [1.54, 1.807) is 7.11 Å². The van der Waals surface area contributed by atoms with Crippen LogP contribution in [0.1, 0.15) is 18.1 Å². The lowest BCUT2D eigenvalue weighted by molar-refractivity contribution is 0.105. The van der Waals surface area contributed by atoms with Crippen molar-refractivity contribution in [1.29, 1.82) is 0 Å². The van der Waals surface area contributed by atoms with Crippen molar-refractivity contribution < 1.29 is 4.74 Å². The number of ether oxygens (including phenoxy) is 1. The molecule has 1 aromatic heterocycles. The molecule has 2 aliphatic heterocycles. The van der Waals surface area contributed by atoms with Gasteiger partial charge in [0.15, 0.2) is 0 Å². The van der Waals surface area contributed by atoms with Crippen LogP contribution in [0, 0.1) is 5.92 Å². The normalized spacial score (nSPS) is 27.1. The fraction of sp³-hybridized carbons (Fsp3) is 0.600. The maximum Gasteiger partial charge on any atom is 0.109 e. The largest absolute Gasteiger partial charge is 0.379 e. The van der Waals surface area contributed by atoms with Crippen molar-refractivity contribution in [2.75, 3.05) is 38.7 Å². The molecule has 1 aromatic rings. The van der Waals surface area contributed by atoms with Gasteiger partial charge in [-0.1, -0.05) is 13.0 Å². The second-order valence-corrected chi connectivity index (χ2v) is 5.77. The predicted molar refractivity (Wildman–Crippen MR) is 78.6 cm³/mol. The molecular weight excluding hydrogens is 238 g/mol. The number of hydrogen-bond acceptors (Lipinski definition) is 3. The van der Waals surface area contributed by atoms with Gasteiger partial charge in [0, 0.05) is 57.5 Å². The summed E-state index contributed by atoms with van der Waals surface area (Å²) in [6, 6.07) is 0. The van der Waals surface area contributed by atoms with Gasteiger partial charge < -0.3 is 19.9 Å². The van der Waals surface area contributed by atoms with E-state index in [0.717, 1.165) is 26.1 Å². The minimum absolute atomic E-state index is 0.293. The topological polar surface area (TPSA) is 40.3 Å². The molecule has 0 amide bonds. The lowest BCUT2D eigenvalue weighted by atomic mass is 9.93. The van der Waals surface area contributed by atoms with Crippen LogP contribution in [0.2, 0.25) is 0 Å².